The van der Waals surface area contributed by atoms with Gasteiger partial charge >= 0.3 is 0 Å². The van der Waals surface area contributed by atoms with Gasteiger partial charge in [-0.3, -0.25) is 0 Å². The Hall–Kier alpha value is -6.56. The third kappa shape index (κ3) is 5.36. The number of fused-ring (bicyclic) bond motifs is 6. The molecule has 0 aliphatic heterocycles. The summed E-state index contributed by atoms with van der Waals surface area (Å²) in [5.41, 5.74) is 9.93. The number of nitrogens with zero attached hydrogens (tertiary/aromatic N) is 3. The molecule has 10 rings (SSSR count). The molecule has 0 N–H and O–H groups in total. The minimum Gasteiger partial charge on any atom is -0.456 e. The van der Waals surface area contributed by atoms with E-state index in [9.17, 15) is 0 Å². The Balaban J connectivity index is 1.14. The standard InChI is InChI=1S/C48H31N3OS/c1-29-12-9-22-39(45(29)53)48-50-46(30-13-3-2-4-14-30)49-47(51-48)34-17-10-16-31(26-34)36-21-11-23-43-44(36)41-28-33(24-25-42(41)52-43)40-27-32-15-5-6-18-35(32)37-19-7-8-20-38(37)40/h2-28,53H,1H3. The van der Waals surface area contributed by atoms with Crippen molar-refractivity contribution in [2.45, 2.75) is 11.8 Å². The molecule has 2 heterocycles. The Labute approximate surface area is 311 Å². The van der Waals surface area contributed by atoms with Gasteiger partial charge in [0.2, 0.25) is 0 Å². The first-order chi connectivity index (χ1) is 26.1. The van der Waals surface area contributed by atoms with Crippen LogP contribution in [0.2, 0.25) is 0 Å². The van der Waals surface area contributed by atoms with Crippen LogP contribution in [0.25, 0.3) is 99.9 Å². The first-order valence-electron chi connectivity index (χ1n) is 17.7. The average Bonchev–Trinajstić information content (AvgIpc) is 3.60. The van der Waals surface area contributed by atoms with E-state index in [0.29, 0.717) is 17.5 Å². The number of benzene rings is 8. The number of hydrogen-bond donors (Lipinski definition) is 1. The fourth-order valence-corrected chi connectivity index (χ4v) is 7.78. The van der Waals surface area contributed by atoms with Crippen LogP contribution >= 0.6 is 12.6 Å². The average molecular weight is 698 g/mol. The van der Waals surface area contributed by atoms with Crippen LogP contribution in [-0.2, 0) is 0 Å². The molecule has 10 aromatic rings. The molecule has 0 aliphatic carbocycles. The zero-order valence-corrected chi connectivity index (χ0v) is 29.7. The van der Waals surface area contributed by atoms with Crippen molar-refractivity contribution in [2.24, 2.45) is 0 Å². The van der Waals surface area contributed by atoms with Crippen LogP contribution in [0.3, 0.4) is 0 Å². The Morgan fingerprint density at radius 1 is 0.415 bits per heavy atom. The monoisotopic (exact) mass is 697 g/mol. The van der Waals surface area contributed by atoms with E-state index in [4.69, 9.17) is 32.0 Å². The van der Waals surface area contributed by atoms with E-state index in [-0.39, 0.29) is 0 Å². The number of hydrogen-bond acceptors (Lipinski definition) is 5. The van der Waals surface area contributed by atoms with E-state index in [2.05, 4.69) is 115 Å². The SMILES string of the molecule is Cc1cccc(-c2nc(-c3ccccc3)nc(-c3cccc(-c4cccc5oc6ccc(-c7cc8ccccc8c8ccccc78)cc6c45)c3)n2)c1S. The summed E-state index contributed by atoms with van der Waals surface area (Å²) in [6.45, 7) is 2.04. The Morgan fingerprint density at radius 3 is 1.92 bits per heavy atom. The lowest BCUT2D eigenvalue weighted by atomic mass is 9.92. The van der Waals surface area contributed by atoms with Crippen molar-refractivity contribution >= 4 is 56.1 Å². The maximum Gasteiger partial charge on any atom is 0.165 e. The highest BCUT2D eigenvalue weighted by atomic mass is 32.1. The molecular formula is C48H31N3OS. The molecule has 0 radical (unpaired) electrons. The molecule has 5 heteroatoms. The van der Waals surface area contributed by atoms with Gasteiger partial charge in [0, 0.05) is 32.4 Å². The Morgan fingerprint density at radius 2 is 1.06 bits per heavy atom. The fourth-order valence-electron chi connectivity index (χ4n) is 7.54. The molecule has 0 amide bonds. The molecule has 4 nitrogen and oxygen atoms in total. The van der Waals surface area contributed by atoms with Gasteiger partial charge in [0.05, 0.1) is 0 Å². The van der Waals surface area contributed by atoms with Crippen molar-refractivity contribution in [3.05, 3.63) is 169 Å². The van der Waals surface area contributed by atoms with Gasteiger partial charge in [0.1, 0.15) is 11.2 Å². The summed E-state index contributed by atoms with van der Waals surface area (Å²) in [6.07, 6.45) is 0. The molecule has 8 aromatic carbocycles. The molecule has 0 aliphatic rings. The van der Waals surface area contributed by atoms with E-state index < -0.39 is 0 Å². The summed E-state index contributed by atoms with van der Waals surface area (Å²) in [4.78, 5) is 15.8. The topological polar surface area (TPSA) is 51.8 Å². The van der Waals surface area contributed by atoms with Crippen molar-refractivity contribution in [1.29, 1.82) is 0 Å². The van der Waals surface area contributed by atoms with Crippen LogP contribution < -0.4 is 0 Å². The predicted molar refractivity (Wildman–Crippen MR) is 221 cm³/mol. The van der Waals surface area contributed by atoms with Gasteiger partial charge < -0.3 is 4.42 Å². The van der Waals surface area contributed by atoms with Crippen LogP contribution in [0.1, 0.15) is 5.56 Å². The molecule has 0 saturated carbocycles. The van der Waals surface area contributed by atoms with E-state index in [1.807, 2.05) is 55.5 Å². The second-order valence-corrected chi connectivity index (χ2v) is 13.9. The quantitative estimate of drug-likeness (QED) is 0.144. The summed E-state index contributed by atoms with van der Waals surface area (Å²) in [5.74, 6) is 1.80. The number of aryl methyl sites for hydroxylation is 1. The van der Waals surface area contributed by atoms with Crippen molar-refractivity contribution in [3.8, 4) is 56.4 Å². The second-order valence-electron chi connectivity index (χ2n) is 13.4. The van der Waals surface area contributed by atoms with Crippen LogP contribution in [0.15, 0.2) is 173 Å². The molecule has 0 spiro atoms. The van der Waals surface area contributed by atoms with Gasteiger partial charge in [-0.1, -0.05) is 133 Å². The summed E-state index contributed by atoms with van der Waals surface area (Å²) in [7, 11) is 0. The highest BCUT2D eigenvalue weighted by molar-refractivity contribution is 7.80. The fraction of sp³-hybridized carbons (Fsp3) is 0.0208. The highest BCUT2D eigenvalue weighted by Crippen LogP contribution is 2.41. The lowest BCUT2D eigenvalue weighted by Gasteiger charge is -2.12. The maximum atomic E-state index is 6.49. The van der Waals surface area contributed by atoms with Gasteiger partial charge in [0.25, 0.3) is 0 Å². The van der Waals surface area contributed by atoms with Gasteiger partial charge in [-0.05, 0) is 86.6 Å². The van der Waals surface area contributed by atoms with E-state index in [1.165, 1.54) is 27.1 Å². The second kappa shape index (κ2) is 12.6. The number of furan rings is 1. The summed E-state index contributed by atoms with van der Waals surface area (Å²) in [6, 6.07) is 57.0. The summed E-state index contributed by atoms with van der Waals surface area (Å²) in [5, 5.41) is 7.11. The maximum absolute atomic E-state index is 6.49. The van der Waals surface area contributed by atoms with Crippen molar-refractivity contribution < 1.29 is 4.42 Å². The normalized spacial score (nSPS) is 11.6. The van der Waals surface area contributed by atoms with Crippen LogP contribution in [-0.4, -0.2) is 15.0 Å². The third-order valence-electron chi connectivity index (χ3n) is 10.2. The van der Waals surface area contributed by atoms with Gasteiger partial charge in [-0.2, -0.15) is 0 Å². The zero-order chi connectivity index (χ0) is 35.5. The zero-order valence-electron chi connectivity index (χ0n) is 28.8. The lowest BCUT2D eigenvalue weighted by Crippen LogP contribution is -2.01. The minimum absolute atomic E-state index is 0.588. The lowest BCUT2D eigenvalue weighted by molar-refractivity contribution is 0.669. The molecule has 53 heavy (non-hydrogen) atoms. The predicted octanol–water partition coefficient (Wildman–Crippen LogP) is 13.0. The molecule has 0 bridgehead atoms. The van der Waals surface area contributed by atoms with E-state index in [0.717, 1.165) is 65.8 Å². The molecule has 0 saturated heterocycles. The molecule has 0 unspecified atom stereocenters. The van der Waals surface area contributed by atoms with E-state index >= 15 is 0 Å². The highest BCUT2D eigenvalue weighted by Gasteiger charge is 2.18. The van der Waals surface area contributed by atoms with Crippen LogP contribution in [0.5, 0.6) is 0 Å². The van der Waals surface area contributed by atoms with Gasteiger partial charge in [0.15, 0.2) is 17.5 Å². The number of rotatable bonds is 5. The summed E-state index contributed by atoms with van der Waals surface area (Å²) < 4.78 is 6.49. The molecule has 250 valence electrons. The molecule has 0 fully saturated rings. The van der Waals surface area contributed by atoms with Crippen LogP contribution in [0, 0.1) is 6.92 Å². The number of thiol groups is 1. The first-order valence-corrected chi connectivity index (χ1v) is 18.1. The van der Waals surface area contributed by atoms with Crippen molar-refractivity contribution in [3.63, 3.8) is 0 Å². The van der Waals surface area contributed by atoms with Gasteiger partial charge in [-0.15, -0.1) is 12.6 Å². The van der Waals surface area contributed by atoms with Crippen molar-refractivity contribution in [1.82, 2.24) is 15.0 Å². The minimum atomic E-state index is 0.588. The smallest absolute Gasteiger partial charge is 0.165 e. The molecule has 0 atom stereocenters. The largest absolute Gasteiger partial charge is 0.456 e. The Bertz CT molecular complexity index is 3040. The van der Waals surface area contributed by atoms with E-state index in [1.54, 1.807) is 0 Å². The van der Waals surface area contributed by atoms with Crippen LogP contribution in [0.4, 0.5) is 0 Å². The third-order valence-corrected chi connectivity index (χ3v) is 10.7. The first kappa shape index (κ1) is 31.2. The van der Waals surface area contributed by atoms with Crippen molar-refractivity contribution in [2.75, 3.05) is 0 Å². The van der Waals surface area contributed by atoms with Gasteiger partial charge in [-0.25, -0.2) is 15.0 Å². The number of aromatic nitrogens is 3. The molecular weight excluding hydrogens is 667 g/mol. The summed E-state index contributed by atoms with van der Waals surface area (Å²) >= 11 is 4.84. The Kier molecular flexibility index (Phi) is 7.41. The molecule has 2 aromatic heterocycles.